The first-order chi connectivity index (χ1) is 6.95. The topological polar surface area (TPSA) is 9.23 Å². The second kappa shape index (κ2) is 3.37. The standard InChI is InChI=1S/C12H12OS/c1-2-6-12-9(4-1)10(8-14-12)11-5-3-7-13-11/h1-2,4,6,8,11H,3,5,7H2. The molecule has 2 heteroatoms. The molecular formula is C12H12OS. The van der Waals surface area contributed by atoms with Crippen LogP contribution in [0, 0.1) is 0 Å². The molecule has 1 aliphatic heterocycles. The van der Waals surface area contributed by atoms with Gasteiger partial charge in [0.05, 0.1) is 6.10 Å². The zero-order valence-corrected chi connectivity index (χ0v) is 8.72. The lowest BCUT2D eigenvalue weighted by Gasteiger charge is -2.07. The van der Waals surface area contributed by atoms with Gasteiger partial charge in [0.2, 0.25) is 0 Å². The van der Waals surface area contributed by atoms with E-state index in [0.717, 1.165) is 6.61 Å². The maximum Gasteiger partial charge on any atom is 0.0839 e. The van der Waals surface area contributed by atoms with Crippen LogP contribution in [0.4, 0.5) is 0 Å². The summed E-state index contributed by atoms with van der Waals surface area (Å²) in [5.74, 6) is 0. The van der Waals surface area contributed by atoms with Crippen LogP contribution >= 0.6 is 11.3 Å². The summed E-state index contributed by atoms with van der Waals surface area (Å²) >= 11 is 1.82. The fourth-order valence-electron chi connectivity index (χ4n) is 2.07. The van der Waals surface area contributed by atoms with E-state index in [1.807, 2.05) is 11.3 Å². The van der Waals surface area contributed by atoms with Gasteiger partial charge in [-0.05, 0) is 35.2 Å². The van der Waals surface area contributed by atoms with E-state index >= 15 is 0 Å². The van der Waals surface area contributed by atoms with Crippen molar-refractivity contribution in [3.8, 4) is 0 Å². The van der Waals surface area contributed by atoms with E-state index < -0.39 is 0 Å². The molecule has 14 heavy (non-hydrogen) atoms. The lowest BCUT2D eigenvalue weighted by Crippen LogP contribution is -1.93. The molecule has 0 aliphatic carbocycles. The Labute approximate surface area is 87.3 Å². The van der Waals surface area contributed by atoms with Crippen molar-refractivity contribution in [1.82, 2.24) is 0 Å². The van der Waals surface area contributed by atoms with Gasteiger partial charge in [0.1, 0.15) is 0 Å². The second-order valence-electron chi connectivity index (χ2n) is 3.69. The molecule has 0 bridgehead atoms. The minimum absolute atomic E-state index is 0.353. The van der Waals surface area contributed by atoms with Crippen molar-refractivity contribution < 1.29 is 4.74 Å². The number of thiophene rings is 1. The van der Waals surface area contributed by atoms with Gasteiger partial charge in [-0.15, -0.1) is 11.3 Å². The number of hydrogen-bond acceptors (Lipinski definition) is 2. The smallest absolute Gasteiger partial charge is 0.0839 e. The number of rotatable bonds is 1. The maximum absolute atomic E-state index is 5.71. The van der Waals surface area contributed by atoms with E-state index in [1.54, 1.807) is 0 Å². The summed E-state index contributed by atoms with van der Waals surface area (Å²) in [5, 5.41) is 3.63. The Bertz CT molecular complexity index is 440. The summed E-state index contributed by atoms with van der Waals surface area (Å²) in [6.45, 7) is 0.925. The molecule has 2 aromatic rings. The molecule has 1 aromatic carbocycles. The SMILES string of the molecule is c1ccc2c(C3CCCO3)csc2c1. The normalized spacial score (nSPS) is 21.9. The summed E-state index contributed by atoms with van der Waals surface area (Å²) in [6.07, 6.45) is 2.74. The Morgan fingerprint density at radius 1 is 1.29 bits per heavy atom. The van der Waals surface area contributed by atoms with Gasteiger partial charge in [-0.2, -0.15) is 0 Å². The summed E-state index contributed by atoms with van der Waals surface area (Å²) in [7, 11) is 0. The average molecular weight is 204 g/mol. The highest BCUT2D eigenvalue weighted by Crippen LogP contribution is 2.36. The number of benzene rings is 1. The molecule has 1 saturated heterocycles. The van der Waals surface area contributed by atoms with Gasteiger partial charge in [0.25, 0.3) is 0 Å². The monoisotopic (exact) mass is 204 g/mol. The molecule has 3 rings (SSSR count). The van der Waals surface area contributed by atoms with Crippen LogP contribution in [0.15, 0.2) is 29.6 Å². The van der Waals surface area contributed by atoms with Crippen LogP contribution < -0.4 is 0 Å². The molecule has 0 saturated carbocycles. The van der Waals surface area contributed by atoms with E-state index in [-0.39, 0.29) is 0 Å². The van der Waals surface area contributed by atoms with Gasteiger partial charge in [0.15, 0.2) is 0 Å². The molecule has 1 fully saturated rings. The van der Waals surface area contributed by atoms with Crippen LogP contribution in [-0.4, -0.2) is 6.61 Å². The van der Waals surface area contributed by atoms with Crippen LogP contribution in [0.5, 0.6) is 0 Å². The molecule has 1 nitrogen and oxygen atoms in total. The molecule has 1 aliphatic rings. The molecule has 0 spiro atoms. The molecule has 1 unspecified atom stereocenters. The Morgan fingerprint density at radius 3 is 3.07 bits per heavy atom. The first-order valence-corrected chi connectivity index (χ1v) is 5.91. The summed E-state index contributed by atoms with van der Waals surface area (Å²) in [5.41, 5.74) is 1.39. The van der Waals surface area contributed by atoms with Gasteiger partial charge in [-0.25, -0.2) is 0 Å². The molecule has 1 atom stereocenters. The number of hydrogen-bond donors (Lipinski definition) is 0. The van der Waals surface area contributed by atoms with Gasteiger partial charge < -0.3 is 4.74 Å². The van der Waals surface area contributed by atoms with E-state index in [2.05, 4.69) is 29.6 Å². The summed E-state index contributed by atoms with van der Waals surface area (Å²) in [4.78, 5) is 0. The Hall–Kier alpha value is -0.860. The Kier molecular flexibility index (Phi) is 2.03. The predicted octanol–water partition coefficient (Wildman–Crippen LogP) is 3.75. The molecule has 0 N–H and O–H groups in total. The van der Waals surface area contributed by atoms with Crippen LogP contribution in [-0.2, 0) is 4.74 Å². The molecule has 0 radical (unpaired) electrons. The van der Waals surface area contributed by atoms with Crippen molar-refractivity contribution >= 4 is 21.4 Å². The van der Waals surface area contributed by atoms with Crippen molar-refractivity contribution in [2.24, 2.45) is 0 Å². The highest BCUT2D eigenvalue weighted by molar-refractivity contribution is 7.17. The predicted molar refractivity (Wildman–Crippen MR) is 59.8 cm³/mol. The van der Waals surface area contributed by atoms with Crippen molar-refractivity contribution in [1.29, 1.82) is 0 Å². The molecule has 2 heterocycles. The minimum atomic E-state index is 0.353. The van der Waals surface area contributed by atoms with E-state index in [4.69, 9.17) is 4.74 Å². The fraction of sp³-hybridized carbons (Fsp3) is 0.333. The highest BCUT2D eigenvalue weighted by atomic mass is 32.1. The third-order valence-corrected chi connectivity index (χ3v) is 3.77. The Balaban J connectivity index is 2.11. The van der Waals surface area contributed by atoms with Crippen LogP contribution in [0.3, 0.4) is 0 Å². The van der Waals surface area contributed by atoms with Gasteiger partial charge in [-0.3, -0.25) is 0 Å². The molecule has 72 valence electrons. The average Bonchev–Trinajstić information content (AvgIpc) is 2.85. The lowest BCUT2D eigenvalue weighted by molar-refractivity contribution is 0.113. The van der Waals surface area contributed by atoms with Crippen LogP contribution in [0.2, 0.25) is 0 Å². The minimum Gasteiger partial charge on any atom is -0.373 e. The van der Waals surface area contributed by atoms with E-state index in [9.17, 15) is 0 Å². The maximum atomic E-state index is 5.71. The molecular weight excluding hydrogens is 192 g/mol. The second-order valence-corrected chi connectivity index (χ2v) is 4.60. The van der Waals surface area contributed by atoms with Gasteiger partial charge in [0, 0.05) is 11.3 Å². The third-order valence-electron chi connectivity index (χ3n) is 2.79. The zero-order valence-electron chi connectivity index (χ0n) is 7.90. The first kappa shape index (κ1) is 8.45. The first-order valence-electron chi connectivity index (χ1n) is 5.03. The van der Waals surface area contributed by atoms with Crippen LogP contribution in [0.1, 0.15) is 24.5 Å². The molecule has 0 amide bonds. The third kappa shape index (κ3) is 1.26. The van der Waals surface area contributed by atoms with E-state index in [0.29, 0.717) is 6.10 Å². The molecule has 1 aromatic heterocycles. The summed E-state index contributed by atoms with van der Waals surface area (Å²) < 4.78 is 7.09. The number of ether oxygens (including phenoxy) is 1. The van der Waals surface area contributed by atoms with Crippen molar-refractivity contribution in [3.05, 3.63) is 35.2 Å². The quantitative estimate of drug-likeness (QED) is 0.687. The zero-order chi connectivity index (χ0) is 9.38. The fourth-order valence-corrected chi connectivity index (χ4v) is 3.07. The van der Waals surface area contributed by atoms with Crippen LogP contribution in [0.25, 0.3) is 10.1 Å². The van der Waals surface area contributed by atoms with Crippen molar-refractivity contribution in [2.45, 2.75) is 18.9 Å². The van der Waals surface area contributed by atoms with Crippen molar-refractivity contribution in [3.63, 3.8) is 0 Å². The van der Waals surface area contributed by atoms with E-state index in [1.165, 1.54) is 28.5 Å². The number of fused-ring (bicyclic) bond motifs is 1. The van der Waals surface area contributed by atoms with Gasteiger partial charge >= 0.3 is 0 Å². The lowest BCUT2D eigenvalue weighted by atomic mass is 10.1. The highest BCUT2D eigenvalue weighted by Gasteiger charge is 2.20. The van der Waals surface area contributed by atoms with Crippen molar-refractivity contribution in [2.75, 3.05) is 6.61 Å². The largest absolute Gasteiger partial charge is 0.373 e. The summed E-state index contributed by atoms with van der Waals surface area (Å²) in [6, 6.07) is 8.58. The van der Waals surface area contributed by atoms with Gasteiger partial charge in [-0.1, -0.05) is 18.2 Å². The Morgan fingerprint density at radius 2 is 2.21 bits per heavy atom.